The Kier molecular flexibility index (Phi) is 2.29. The molecule has 1 aromatic carbocycles. The van der Waals surface area contributed by atoms with Crippen LogP contribution in [0.25, 0.3) is 0 Å². The average Bonchev–Trinajstić information content (AvgIpc) is 2.59. The van der Waals surface area contributed by atoms with E-state index in [0.29, 0.717) is 0 Å². The summed E-state index contributed by atoms with van der Waals surface area (Å²) >= 11 is 0. The topological polar surface area (TPSA) is 21.6 Å². The highest BCUT2D eigenvalue weighted by Crippen LogP contribution is 2.34. The van der Waals surface area contributed by atoms with Gasteiger partial charge in [0, 0.05) is 17.5 Å². The van der Waals surface area contributed by atoms with Gasteiger partial charge in [0.2, 0.25) is 0 Å². The smallest absolute Gasteiger partial charge is 0.119 e. The number of fused-ring (bicyclic) bond motifs is 1. The van der Waals surface area contributed by atoms with Crippen molar-refractivity contribution in [3.63, 3.8) is 0 Å². The van der Waals surface area contributed by atoms with Crippen LogP contribution in [0.1, 0.15) is 26.3 Å². The summed E-state index contributed by atoms with van der Waals surface area (Å²) in [6.45, 7) is 6.61. The molecule has 0 amide bonds. The monoisotopic (exact) mass is 203 g/mol. The van der Waals surface area contributed by atoms with E-state index in [0.717, 1.165) is 17.9 Å². The molecule has 15 heavy (non-hydrogen) atoms. The van der Waals surface area contributed by atoms with Gasteiger partial charge in [-0.1, -0.05) is 20.8 Å². The molecule has 80 valence electrons. The van der Waals surface area contributed by atoms with E-state index < -0.39 is 0 Å². The molecular formula is C13H17NO. The predicted octanol–water partition coefficient (Wildman–Crippen LogP) is 3.37. The van der Waals surface area contributed by atoms with Crippen LogP contribution in [-0.4, -0.2) is 12.8 Å². The molecule has 0 radical (unpaired) electrons. The first-order valence-corrected chi connectivity index (χ1v) is 5.25. The third-order valence-corrected chi connectivity index (χ3v) is 2.77. The van der Waals surface area contributed by atoms with E-state index in [4.69, 9.17) is 4.74 Å². The van der Waals surface area contributed by atoms with E-state index in [1.165, 1.54) is 11.3 Å². The van der Waals surface area contributed by atoms with Gasteiger partial charge in [-0.05, 0) is 23.8 Å². The standard InChI is InChI=1S/C13H17NO/c1-13(2,3)12-8-9-7-10(15-4)5-6-11(9)14-12/h5-7H,8H2,1-4H3. The summed E-state index contributed by atoms with van der Waals surface area (Å²) in [5.41, 5.74) is 3.79. The zero-order chi connectivity index (χ0) is 11.1. The molecule has 0 saturated heterocycles. The van der Waals surface area contributed by atoms with E-state index >= 15 is 0 Å². The molecule has 1 aliphatic rings. The predicted molar refractivity (Wildman–Crippen MR) is 63.2 cm³/mol. The summed E-state index contributed by atoms with van der Waals surface area (Å²) < 4.78 is 5.21. The van der Waals surface area contributed by atoms with Crippen molar-refractivity contribution in [3.05, 3.63) is 23.8 Å². The second-order valence-corrected chi connectivity index (χ2v) is 4.98. The number of hydrogen-bond donors (Lipinski definition) is 0. The van der Waals surface area contributed by atoms with Gasteiger partial charge in [-0.2, -0.15) is 0 Å². The van der Waals surface area contributed by atoms with Crippen LogP contribution in [0.5, 0.6) is 5.75 Å². The molecule has 0 saturated carbocycles. The van der Waals surface area contributed by atoms with Gasteiger partial charge in [-0.15, -0.1) is 0 Å². The van der Waals surface area contributed by atoms with Crippen LogP contribution in [0.15, 0.2) is 23.2 Å². The third-order valence-electron chi connectivity index (χ3n) is 2.77. The minimum Gasteiger partial charge on any atom is -0.497 e. The quantitative estimate of drug-likeness (QED) is 0.685. The first kappa shape index (κ1) is 10.2. The van der Waals surface area contributed by atoms with Crippen molar-refractivity contribution >= 4 is 11.4 Å². The molecule has 0 unspecified atom stereocenters. The Morgan fingerprint density at radius 1 is 1.27 bits per heavy atom. The Balaban J connectivity index is 2.33. The van der Waals surface area contributed by atoms with Crippen molar-refractivity contribution in [1.82, 2.24) is 0 Å². The van der Waals surface area contributed by atoms with Gasteiger partial charge < -0.3 is 4.74 Å². The van der Waals surface area contributed by atoms with E-state index in [-0.39, 0.29) is 5.41 Å². The highest BCUT2D eigenvalue weighted by Gasteiger charge is 2.24. The average molecular weight is 203 g/mol. The molecule has 0 bridgehead atoms. The Hall–Kier alpha value is -1.31. The van der Waals surface area contributed by atoms with Gasteiger partial charge in [0.1, 0.15) is 5.75 Å². The number of benzene rings is 1. The number of methoxy groups -OCH3 is 1. The zero-order valence-electron chi connectivity index (χ0n) is 9.79. The van der Waals surface area contributed by atoms with Gasteiger partial charge in [0.25, 0.3) is 0 Å². The number of ether oxygens (including phenoxy) is 1. The zero-order valence-corrected chi connectivity index (χ0v) is 9.79. The molecule has 0 spiro atoms. The van der Waals surface area contributed by atoms with Crippen LogP contribution in [0.4, 0.5) is 5.69 Å². The van der Waals surface area contributed by atoms with Crippen LogP contribution >= 0.6 is 0 Å². The lowest BCUT2D eigenvalue weighted by molar-refractivity contribution is 0.414. The molecule has 0 N–H and O–H groups in total. The maximum absolute atomic E-state index is 5.21. The minimum absolute atomic E-state index is 0.159. The van der Waals surface area contributed by atoms with E-state index in [9.17, 15) is 0 Å². The summed E-state index contributed by atoms with van der Waals surface area (Å²) in [6, 6.07) is 6.08. The van der Waals surface area contributed by atoms with Crippen molar-refractivity contribution in [2.24, 2.45) is 10.4 Å². The normalized spacial score (nSPS) is 14.8. The second kappa shape index (κ2) is 3.37. The Morgan fingerprint density at radius 3 is 2.60 bits per heavy atom. The van der Waals surface area contributed by atoms with Crippen LogP contribution in [0.2, 0.25) is 0 Å². The van der Waals surface area contributed by atoms with Gasteiger partial charge in [-0.3, -0.25) is 4.99 Å². The van der Waals surface area contributed by atoms with Gasteiger partial charge in [0.05, 0.1) is 12.8 Å². The summed E-state index contributed by atoms with van der Waals surface area (Å²) in [7, 11) is 1.70. The van der Waals surface area contributed by atoms with Crippen molar-refractivity contribution in [1.29, 1.82) is 0 Å². The molecule has 1 aliphatic heterocycles. The minimum atomic E-state index is 0.159. The summed E-state index contributed by atoms with van der Waals surface area (Å²) in [4.78, 5) is 4.66. The van der Waals surface area contributed by atoms with E-state index in [2.05, 4.69) is 31.8 Å². The molecule has 0 fully saturated rings. The summed E-state index contributed by atoms with van der Waals surface area (Å²) in [6.07, 6.45) is 0.954. The summed E-state index contributed by atoms with van der Waals surface area (Å²) in [5.74, 6) is 0.916. The van der Waals surface area contributed by atoms with Crippen molar-refractivity contribution in [3.8, 4) is 5.75 Å². The van der Waals surface area contributed by atoms with Crippen molar-refractivity contribution < 1.29 is 4.74 Å². The number of hydrogen-bond acceptors (Lipinski definition) is 2. The summed E-state index contributed by atoms with van der Waals surface area (Å²) in [5, 5.41) is 0. The lowest BCUT2D eigenvalue weighted by Gasteiger charge is -2.17. The van der Waals surface area contributed by atoms with Gasteiger partial charge in [0.15, 0.2) is 0 Å². The van der Waals surface area contributed by atoms with Crippen LogP contribution in [0, 0.1) is 5.41 Å². The fraction of sp³-hybridized carbons (Fsp3) is 0.462. The van der Waals surface area contributed by atoms with Crippen LogP contribution in [0.3, 0.4) is 0 Å². The Morgan fingerprint density at radius 2 is 2.00 bits per heavy atom. The fourth-order valence-electron chi connectivity index (χ4n) is 1.74. The molecule has 2 rings (SSSR count). The fourth-order valence-corrected chi connectivity index (χ4v) is 1.74. The van der Waals surface area contributed by atoms with Crippen LogP contribution < -0.4 is 4.74 Å². The molecular weight excluding hydrogens is 186 g/mol. The number of aliphatic imine (C=N–C) groups is 1. The number of nitrogens with zero attached hydrogens (tertiary/aromatic N) is 1. The Labute approximate surface area is 91.0 Å². The molecule has 0 aliphatic carbocycles. The molecule has 2 nitrogen and oxygen atoms in total. The molecule has 1 aromatic rings. The van der Waals surface area contributed by atoms with Crippen molar-refractivity contribution in [2.75, 3.05) is 7.11 Å². The van der Waals surface area contributed by atoms with E-state index in [1.54, 1.807) is 7.11 Å². The van der Waals surface area contributed by atoms with Crippen molar-refractivity contribution in [2.45, 2.75) is 27.2 Å². The maximum atomic E-state index is 5.21. The highest BCUT2D eigenvalue weighted by atomic mass is 16.5. The number of rotatable bonds is 1. The lowest BCUT2D eigenvalue weighted by atomic mass is 9.87. The first-order chi connectivity index (χ1) is 7.00. The largest absolute Gasteiger partial charge is 0.497 e. The molecule has 0 aromatic heterocycles. The maximum Gasteiger partial charge on any atom is 0.119 e. The van der Waals surface area contributed by atoms with E-state index in [1.807, 2.05) is 12.1 Å². The SMILES string of the molecule is COc1ccc2c(c1)CC(C(C)(C)C)=N2. The third kappa shape index (κ3) is 1.89. The molecule has 0 atom stereocenters. The second-order valence-electron chi connectivity index (χ2n) is 4.98. The Bertz CT molecular complexity index is 413. The highest BCUT2D eigenvalue weighted by molar-refractivity contribution is 5.97. The lowest BCUT2D eigenvalue weighted by Crippen LogP contribution is -2.19. The van der Waals surface area contributed by atoms with Gasteiger partial charge in [-0.25, -0.2) is 0 Å². The van der Waals surface area contributed by atoms with Gasteiger partial charge >= 0.3 is 0 Å². The molecule has 2 heteroatoms. The molecule has 1 heterocycles. The van der Waals surface area contributed by atoms with Crippen LogP contribution in [-0.2, 0) is 6.42 Å². The first-order valence-electron chi connectivity index (χ1n) is 5.25.